The summed E-state index contributed by atoms with van der Waals surface area (Å²) in [6.07, 6.45) is 3.59. The van der Waals surface area contributed by atoms with E-state index < -0.39 is 5.97 Å². The molecule has 2 heterocycles. The van der Waals surface area contributed by atoms with Crippen molar-refractivity contribution >= 4 is 16.9 Å². The Bertz CT molecular complexity index is 927. The summed E-state index contributed by atoms with van der Waals surface area (Å²) in [5.74, 6) is 1.30. The molecule has 0 amide bonds. The van der Waals surface area contributed by atoms with Crippen LogP contribution in [0.15, 0.2) is 36.5 Å². The van der Waals surface area contributed by atoms with Gasteiger partial charge < -0.3 is 19.2 Å². The van der Waals surface area contributed by atoms with Crippen molar-refractivity contribution in [1.82, 2.24) is 9.97 Å². The summed E-state index contributed by atoms with van der Waals surface area (Å²) in [5.41, 5.74) is 2.17. The number of esters is 1. The molecular formula is C21H24N2O4. The first kappa shape index (κ1) is 18.8. The van der Waals surface area contributed by atoms with E-state index in [-0.39, 0.29) is 6.10 Å². The number of nitrogens with one attached hydrogen (secondary N) is 1. The third-order valence-electron chi connectivity index (χ3n) is 4.38. The first-order valence-corrected chi connectivity index (χ1v) is 9.06. The molecule has 0 bridgehead atoms. The van der Waals surface area contributed by atoms with E-state index in [1.54, 1.807) is 12.3 Å². The van der Waals surface area contributed by atoms with Gasteiger partial charge in [0, 0.05) is 23.7 Å². The number of fused-ring (bicyclic) bond motifs is 1. The maximum Gasteiger partial charge on any atom is 0.354 e. The number of rotatable bonds is 7. The molecule has 0 aliphatic carbocycles. The molecule has 0 aliphatic heterocycles. The van der Waals surface area contributed by atoms with Crippen LogP contribution in [0, 0.1) is 6.92 Å². The fourth-order valence-corrected chi connectivity index (χ4v) is 2.83. The number of aromatic amines is 1. The largest absolute Gasteiger partial charge is 0.488 e. The lowest BCUT2D eigenvalue weighted by Gasteiger charge is -2.17. The van der Waals surface area contributed by atoms with Crippen LogP contribution in [0.25, 0.3) is 10.9 Å². The van der Waals surface area contributed by atoms with E-state index in [1.807, 2.05) is 31.2 Å². The second kappa shape index (κ2) is 8.12. The van der Waals surface area contributed by atoms with Crippen LogP contribution in [0.2, 0.25) is 0 Å². The minimum absolute atomic E-state index is 0.0748. The number of nitrogens with zero attached hydrogens (tertiary/aromatic N) is 1. The second-order valence-electron chi connectivity index (χ2n) is 6.39. The van der Waals surface area contributed by atoms with Crippen molar-refractivity contribution < 1.29 is 19.0 Å². The van der Waals surface area contributed by atoms with Gasteiger partial charge in [-0.25, -0.2) is 9.78 Å². The van der Waals surface area contributed by atoms with E-state index in [0.717, 1.165) is 29.3 Å². The quantitative estimate of drug-likeness (QED) is 0.593. The van der Waals surface area contributed by atoms with Gasteiger partial charge in [-0.05, 0) is 37.5 Å². The van der Waals surface area contributed by atoms with E-state index in [2.05, 4.69) is 23.8 Å². The van der Waals surface area contributed by atoms with Crippen molar-refractivity contribution in [2.45, 2.75) is 39.7 Å². The van der Waals surface area contributed by atoms with E-state index in [1.165, 1.54) is 7.11 Å². The average Bonchev–Trinajstić information content (AvgIpc) is 3.11. The SMILES string of the molecule is CCC(CC)Oc1cc(Oc2ccc(C)cn2)cc2cc(C(=O)OC)[nH]c12. The van der Waals surface area contributed by atoms with Crippen LogP contribution < -0.4 is 9.47 Å². The lowest BCUT2D eigenvalue weighted by molar-refractivity contribution is 0.0595. The maximum atomic E-state index is 11.9. The predicted molar refractivity (Wildman–Crippen MR) is 104 cm³/mol. The molecule has 142 valence electrons. The number of hydrogen-bond acceptors (Lipinski definition) is 5. The fourth-order valence-electron chi connectivity index (χ4n) is 2.83. The Balaban J connectivity index is 2.03. The molecule has 3 aromatic rings. The van der Waals surface area contributed by atoms with Gasteiger partial charge in [-0.15, -0.1) is 0 Å². The molecule has 0 fully saturated rings. The number of carbonyl (C=O) groups excluding carboxylic acids is 1. The van der Waals surface area contributed by atoms with Crippen LogP contribution in [-0.2, 0) is 4.74 Å². The number of hydrogen-bond donors (Lipinski definition) is 1. The molecule has 6 heteroatoms. The van der Waals surface area contributed by atoms with Gasteiger partial charge in [-0.1, -0.05) is 19.9 Å². The molecule has 0 unspecified atom stereocenters. The Hall–Kier alpha value is -3.02. The highest BCUT2D eigenvalue weighted by molar-refractivity contribution is 5.97. The normalized spacial score (nSPS) is 11.0. The highest BCUT2D eigenvalue weighted by Gasteiger charge is 2.17. The van der Waals surface area contributed by atoms with Crippen LogP contribution in [0.3, 0.4) is 0 Å². The highest BCUT2D eigenvalue weighted by atomic mass is 16.5. The molecular weight excluding hydrogens is 344 g/mol. The Kier molecular flexibility index (Phi) is 5.64. The van der Waals surface area contributed by atoms with Crippen molar-refractivity contribution in [3.8, 4) is 17.4 Å². The molecule has 6 nitrogen and oxygen atoms in total. The third-order valence-corrected chi connectivity index (χ3v) is 4.38. The summed E-state index contributed by atoms with van der Waals surface area (Å²) in [6, 6.07) is 9.15. The summed E-state index contributed by atoms with van der Waals surface area (Å²) in [5, 5.41) is 0.806. The smallest absolute Gasteiger partial charge is 0.354 e. The molecule has 0 spiro atoms. The van der Waals surface area contributed by atoms with Gasteiger partial charge in [0.2, 0.25) is 5.88 Å². The summed E-state index contributed by atoms with van der Waals surface area (Å²) < 4.78 is 16.9. The van der Waals surface area contributed by atoms with Crippen molar-refractivity contribution in [2.75, 3.05) is 7.11 Å². The average molecular weight is 368 g/mol. The molecule has 1 aromatic carbocycles. The molecule has 0 saturated carbocycles. The molecule has 0 radical (unpaired) electrons. The molecule has 0 atom stereocenters. The zero-order chi connectivity index (χ0) is 19.4. The first-order valence-electron chi connectivity index (χ1n) is 9.06. The van der Waals surface area contributed by atoms with Crippen molar-refractivity contribution in [1.29, 1.82) is 0 Å². The predicted octanol–water partition coefficient (Wildman–Crippen LogP) is 5.02. The van der Waals surface area contributed by atoms with Gasteiger partial charge >= 0.3 is 5.97 Å². The zero-order valence-corrected chi connectivity index (χ0v) is 16.0. The summed E-state index contributed by atoms with van der Waals surface area (Å²) in [4.78, 5) is 19.3. The second-order valence-corrected chi connectivity index (χ2v) is 6.39. The Labute approximate surface area is 158 Å². The van der Waals surface area contributed by atoms with Crippen molar-refractivity contribution in [3.63, 3.8) is 0 Å². The monoisotopic (exact) mass is 368 g/mol. The van der Waals surface area contributed by atoms with Gasteiger partial charge in [-0.3, -0.25) is 0 Å². The number of carbonyl (C=O) groups is 1. The fraction of sp³-hybridized carbons (Fsp3) is 0.333. The van der Waals surface area contributed by atoms with Crippen LogP contribution in [0.1, 0.15) is 42.7 Å². The van der Waals surface area contributed by atoms with E-state index >= 15 is 0 Å². The minimum atomic E-state index is -0.428. The first-order chi connectivity index (χ1) is 13.0. The molecule has 0 saturated heterocycles. The van der Waals surface area contributed by atoms with Crippen LogP contribution >= 0.6 is 0 Å². The topological polar surface area (TPSA) is 73.4 Å². The highest BCUT2D eigenvalue weighted by Crippen LogP contribution is 2.34. The van der Waals surface area contributed by atoms with Crippen LogP contribution in [-0.4, -0.2) is 29.2 Å². The summed E-state index contributed by atoms with van der Waals surface area (Å²) >= 11 is 0. The molecule has 27 heavy (non-hydrogen) atoms. The van der Waals surface area contributed by atoms with Gasteiger partial charge in [0.15, 0.2) is 0 Å². The molecule has 1 N–H and O–H groups in total. The standard InChI is InChI=1S/C21H24N2O4/c1-5-15(6-2)26-18-11-16(27-19-8-7-13(3)12-22-19)9-14-10-17(21(24)25-4)23-20(14)18/h7-12,15,23H,5-6H2,1-4H3. The number of benzene rings is 1. The zero-order valence-electron chi connectivity index (χ0n) is 16.0. The lowest BCUT2D eigenvalue weighted by atomic mass is 10.2. The van der Waals surface area contributed by atoms with Crippen molar-refractivity contribution in [2.24, 2.45) is 0 Å². The van der Waals surface area contributed by atoms with Gasteiger partial charge in [0.25, 0.3) is 0 Å². The molecule has 0 aliphatic rings. The van der Waals surface area contributed by atoms with E-state index in [4.69, 9.17) is 14.2 Å². The number of pyridine rings is 1. The number of aryl methyl sites for hydroxylation is 1. The summed E-state index contributed by atoms with van der Waals surface area (Å²) in [7, 11) is 1.35. The van der Waals surface area contributed by atoms with Gasteiger partial charge in [0.1, 0.15) is 17.2 Å². The number of ether oxygens (including phenoxy) is 3. The Morgan fingerprint density at radius 1 is 1.19 bits per heavy atom. The van der Waals surface area contributed by atoms with Crippen molar-refractivity contribution in [3.05, 3.63) is 47.8 Å². The third kappa shape index (κ3) is 4.22. The maximum absolute atomic E-state index is 11.9. The Morgan fingerprint density at radius 2 is 1.96 bits per heavy atom. The minimum Gasteiger partial charge on any atom is -0.488 e. The van der Waals surface area contributed by atoms with Gasteiger partial charge in [0.05, 0.1) is 18.7 Å². The molecule has 2 aromatic heterocycles. The number of methoxy groups -OCH3 is 1. The van der Waals surface area contributed by atoms with Crippen LogP contribution in [0.5, 0.6) is 17.4 Å². The van der Waals surface area contributed by atoms with E-state index in [9.17, 15) is 4.79 Å². The van der Waals surface area contributed by atoms with Crippen LogP contribution in [0.4, 0.5) is 0 Å². The molecule has 3 rings (SSSR count). The number of aromatic nitrogens is 2. The Morgan fingerprint density at radius 3 is 2.59 bits per heavy atom. The lowest BCUT2D eigenvalue weighted by Crippen LogP contribution is -2.14. The van der Waals surface area contributed by atoms with Gasteiger partial charge in [-0.2, -0.15) is 0 Å². The van der Waals surface area contributed by atoms with E-state index in [0.29, 0.717) is 23.1 Å². The number of H-pyrrole nitrogens is 1. The summed E-state index contributed by atoms with van der Waals surface area (Å²) in [6.45, 7) is 6.13.